The summed E-state index contributed by atoms with van der Waals surface area (Å²) < 4.78 is 12.6. The highest BCUT2D eigenvalue weighted by Crippen LogP contribution is 2.24. The molecule has 0 saturated carbocycles. The van der Waals surface area contributed by atoms with E-state index in [1.165, 1.54) is 0 Å². The minimum Gasteiger partial charge on any atom is -0.489 e. The fraction of sp³-hybridized carbons (Fsp3) is 0.158. The van der Waals surface area contributed by atoms with Crippen molar-refractivity contribution in [3.05, 3.63) is 66.5 Å². The van der Waals surface area contributed by atoms with E-state index in [2.05, 4.69) is 11.2 Å². The van der Waals surface area contributed by atoms with Crippen LogP contribution in [0.3, 0.4) is 0 Å². The van der Waals surface area contributed by atoms with Crippen molar-refractivity contribution in [3.63, 3.8) is 0 Å². The molecule has 1 heterocycles. The van der Waals surface area contributed by atoms with Crippen molar-refractivity contribution < 1.29 is 18.8 Å². The van der Waals surface area contributed by atoms with Crippen molar-refractivity contribution in [2.45, 2.75) is 11.5 Å². The van der Waals surface area contributed by atoms with Crippen LogP contribution in [-0.2, 0) is 22.6 Å². The molecule has 134 valence electrons. The van der Waals surface area contributed by atoms with Crippen LogP contribution in [0.5, 0.6) is 5.75 Å². The minimum atomic E-state index is -0.994. The fourth-order valence-corrected chi connectivity index (χ4v) is 2.86. The Bertz CT molecular complexity index is 877. The standard InChI is InChI=1S/C19H18N2O4S/c1-21-11-16(10-20-21)15-4-2-3-14(9-15)12-24-17-5-7-18(8-6-17)26-25-13-19(22)23/h2-11H,12-13H2,1H3,(H,22,23). The molecule has 0 aliphatic rings. The summed E-state index contributed by atoms with van der Waals surface area (Å²) >= 11 is 1.03. The van der Waals surface area contributed by atoms with Crippen LogP contribution in [0.4, 0.5) is 0 Å². The van der Waals surface area contributed by atoms with Crippen molar-refractivity contribution in [2.75, 3.05) is 6.61 Å². The predicted molar refractivity (Wildman–Crippen MR) is 98.9 cm³/mol. The third kappa shape index (κ3) is 5.11. The van der Waals surface area contributed by atoms with Gasteiger partial charge < -0.3 is 9.84 Å². The molecule has 0 amide bonds. The minimum absolute atomic E-state index is 0.337. The second-order valence-corrected chi connectivity index (χ2v) is 6.48. The number of aromatic nitrogens is 2. The Hall–Kier alpha value is -2.77. The molecule has 0 aliphatic heterocycles. The largest absolute Gasteiger partial charge is 0.489 e. The van der Waals surface area contributed by atoms with Crippen molar-refractivity contribution in [1.82, 2.24) is 9.78 Å². The highest BCUT2D eigenvalue weighted by molar-refractivity contribution is 7.94. The first-order chi connectivity index (χ1) is 12.6. The van der Waals surface area contributed by atoms with Gasteiger partial charge in [-0.3, -0.25) is 8.86 Å². The summed E-state index contributed by atoms with van der Waals surface area (Å²) in [5.41, 5.74) is 3.23. The molecular formula is C19H18N2O4S. The molecule has 0 atom stereocenters. The van der Waals surface area contributed by atoms with Crippen LogP contribution in [0.15, 0.2) is 65.8 Å². The monoisotopic (exact) mass is 370 g/mol. The second-order valence-electron chi connectivity index (χ2n) is 5.60. The molecule has 0 spiro atoms. The zero-order chi connectivity index (χ0) is 18.4. The lowest BCUT2D eigenvalue weighted by molar-refractivity contribution is -0.138. The van der Waals surface area contributed by atoms with Crippen LogP contribution < -0.4 is 4.74 Å². The molecule has 1 aromatic heterocycles. The van der Waals surface area contributed by atoms with Crippen molar-refractivity contribution in [1.29, 1.82) is 0 Å². The van der Waals surface area contributed by atoms with Gasteiger partial charge >= 0.3 is 5.97 Å². The Balaban J connectivity index is 1.56. The highest BCUT2D eigenvalue weighted by atomic mass is 32.2. The maximum Gasteiger partial charge on any atom is 0.331 e. The van der Waals surface area contributed by atoms with Gasteiger partial charge in [0.15, 0.2) is 6.61 Å². The Morgan fingerprint density at radius 3 is 2.69 bits per heavy atom. The number of carboxylic acid groups (broad SMARTS) is 1. The molecule has 26 heavy (non-hydrogen) atoms. The number of rotatable bonds is 8. The molecule has 0 fully saturated rings. The molecule has 0 saturated heterocycles. The number of benzene rings is 2. The maximum absolute atomic E-state index is 10.4. The Morgan fingerprint density at radius 1 is 1.19 bits per heavy atom. The van der Waals surface area contributed by atoms with Gasteiger partial charge in [-0.1, -0.05) is 18.2 Å². The summed E-state index contributed by atoms with van der Waals surface area (Å²) in [5, 5.41) is 12.7. The van der Waals surface area contributed by atoms with Gasteiger partial charge in [-0.15, -0.1) is 0 Å². The predicted octanol–water partition coefficient (Wildman–Crippen LogP) is 3.77. The van der Waals surface area contributed by atoms with Crippen molar-refractivity contribution >= 4 is 18.0 Å². The Morgan fingerprint density at radius 2 is 2.00 bits per heavy atom. The van der Waals surface area contributed by atoms with Gasteiger partial charge in [-0.05, 0) is 41.5 Å². The molecule has 0 radical (unpaired) electrons. The lowest BCUT2D eigenvalue weighted by atomic mass is 10.1. The van der Waals surface area contributed by atoms with E-state index in [1.807, 2.05) is 61.9 Å². The average Bonchev–Trinajstić information content (AvgIpc) is 3.07. The first kappa shape index (κ1) is 18.0. The molecule has 6 nitrogen and oxygen atoms in total. The number of carbonyl (C=O) groups is 1. The number of hydrogen-bond acceptors (Lipinski definition) is 5. The van der Waals surface area contributed by atoms with Gasteiger partial charge in [0.25, 0.3) is 0 Å². The third-order valence-corrected chi connectivity index (χ3v) is 4.23. The molecular weight excluding hydrogens is 352 g/mol. The van der Waals surface area contributed by atoms with E-state index >= 15 is 0 Å². The summed E-state index contributed by atoms with van der Waals surface area (Å²) in [7, 11) is 1.89. The Labute approximate surface area is 155 Å². The van der Waals surface area contributed by atoms with Crippen LogP contribution in [0.25, 0.3) is 11.1 Å². The van der Waals surface area contributed by atoms with Gasteiger partial charge in [0.1, 0.15) is 12.4 Å². The van der Waals surface area contributed by atoms with Gasteiger partial charge in [-0.25, -0.2) is 4.79 Å². The first-order valence-electron chi connectivity index (χ1n) is 7.92. The van der Waals surface area contributed by atoms with Crippen LogP contribution >= 0.6 is 12.0 Å². The number of carboxylic acids is 1. The first-order valence-corrected chi connectivity index (χ1v) is 8.66. The number of aryl methyl sites for hydroxylation is 1. The number of ether oxygens (including phenoxy) is 1. The Kier molecular flexibility index (Phi) is 5.93. The van der Waals surface area contributed by atoms with E-state index in [9.17, 15) is 4.79 Å². The van der Waals surface area contributed by atoms with E-state index in [4.69, 9.17) is 14.0 Å². The second kappa shape index (κ2) is 8.55. The van der Waals surface area contributed by atoms with Crippen LogP contribution in [0.2, 0.25) is 0 Å². The quantitative estimate of drug-likeness (QED) is 0.609. The summed E-state index contributed by atoms with van der Waals surface area (Å²) in [4.78, 5) is 11.2. The lowest BCUT2D eigenvalue weighted by Gasteiger charge is -2.08. The van der Waals surface area contributed by atoms with Gasteiger partial charge in [0.05, 0.1) is 6.20 Å². The van der Waals surface area contributed by atoms with Crippen LogP contribution in [0, 0.1) is 0 Å². The fourth-order valence-electron chi connectivity index (χ4n) is 2.32. The average molecular weight is 370 g/mol. The maximum atomic E-state index is 10.4. The van der Waals surface area contributed by atoms with E-state index in [1.54, 1.807) is 4.68 Å². The van der Waals surface area contributed by atoms with Crippen LogP contribution in [-0.4, -0.2) is 27.5 Å². The normalized spacial score (nSPS) is 10.7. The molecule has 0 unspecified atom stereocenters. The molecule has 3 aromatic rings. The van der Waals surface area contributed by atoms with E-state index in [0.29, 0.717) is 6.61 Å². The molecule has 0 aliphatic carbocycles. The molecule has 7 heteroatoms. The van der Waals surface area contributed by atoms with Gasteiger partial charge in [0.2, 0.25) is 0 Å². The van der Waals surface area contributed by atoms with E-state index in [0.717, 1.165) is 39.4 Å². The molecule has 3 rings (SSSR count). The van der Waals surface area contributed by atoms with Crippen LogP contribution in [0.1, 0.15) is 5.56 Å². The smallest absolute Gasteiger partial charge is 0.331 e. The molecule has 2 aromatic carbocycles. The van der Waals surface area contributed by atoms with Crippen molar-refractivity contribution in [2.24, 2.45) is 7.05 Å². The summed E-state index contributed by atoms with van der Waals surface area (Å²) in [6.45, 7) is 0.117. The van der Waals surface area contributed by atoms with Gasteiger partial charge in [-0.2, -0.15) is 5.10 Å². The summed E-state index contributed by atoms with van der Waals surface area (Å²) in [6.07, 6.45) is 3.81. The summed E-state index contributed by atoms with van der Waals surface area (Å²) in [6, 6.07) is 15.5. The highest BCUT2D eigenvalue weighted by Gasteiger charge is 2.04. The van der Waals surface area contributed by atoms with E-state index in [-0.39, 0.29) is 6.61 Å². The zero-order valence-electron chi connectivity index (χ0n) is 14.2. The zero-order valence-corrected chi connectivity index (χ0v) is 15.0. The third-order valence-electron chi connectivity index (χ3n) is 3.53. The number of nitrogens with zero attached hydrogens (tertiary/aromatic N) is 2. The summed E-state index contributed by atoms with van der Waals surface area (Å²) in [5.74, 6) is -0.259. The topological polar surface area (TPSA) is 73.6 Å². The van der Waals surface area contributed by atoms with E-state index < -0.39 is 5.97 Å². The number of hydrogen-bond donors (Lipinski definition) is 1. The number of aliphatic carboxylic acids is 1. The van der Waals surface area contributed by atoms with Gasteiger partial charge in [0, 0.05) is 35.7 Å². The molecule has 0 bridgehead atoms. The SMILES string of the molecule is Cn1cc(-c2cccc(COc3ccc(SOCC(=O)O)cc3)c2)cn1. The van der Waals surface area contributed by atoms with Crippen molar-refractivity contribution in [3.8, 4) is 16.9 Å². The molecule has 1 N–H and O–H groups in total. The lowest BCUT2D eigenvalue weighted by Crippen LogP contribution is -2.02.